The third-order valence-corrected chi connectivity index (χ3v) is 3.89. The van der Waals surface area contributed by atoms with Crippen LogP contribution in [-0.4, -0.2) is 38.3 Å². The highest BCUT2D eigenvalue weighted by atomic mass is 16.3. The molecule has 124 valence electrons. The fourth-order valence-electron chi connectivity index (χ4n) is 2.65. The molecule has 0 saturated carbocycles. The van der Waals surface area contributed by atoms with Gasteiger partial charge >= 0.3 is 0 Å². The number of aliphatic hydroxyl groups excluding tert-OH is 1. The van der Waals surface area contributed by atoms with Gasteiger partial charge in [0.2, 0.25) is 0 Å². The lowest BCUT2D eigenvalue weighted by Gasteiger charge is -2.12. The van der Waals surface area contributed by atoms with Gasteiger partial charge in [-0.25, -0.2) is 9.50 Å². The van der Waals surface area contributed by atoms with Crippen LogP contribution < -0.4 is 5.32 Å². The summed E-state index contributed by atoms with van der Waals surface area (Å²) in [5.41, 5.74) is 2.87. The molecule has 1 aromatic carbocycles. The molecule has 0 spiro atoms. The van der Waals surface area contributed by atoms with Crippen LogP contribution in [0.1, 0.15) is 30.1 Å². The van der Waals surface area contributed by atoms with Crippen LogP contribution in [0.15, 0.2) is 48.8 Å². The fraction of sp³-hybridized carbons (Fsp3) is 0.278. The highest BCUT2D eigenvalue weighted by molar-refractivity contribution is 6.00. The van der Waals surface area contributed by atoms with E-state index in [0.717, 1.165) is 17.7 Å². The maximum Gasteiger partial charge on any atom is 0.256 e. The Labute approximate surface area is 140 Å². The van der Waals surface area contributed by atoms with Gasteiger partial charge in [-0.05, 0) is 25.8 Å². The number of amides is 1. The Bertz CT molecular complexity index is 829. The maximum atomic E-state index is 12.5. The van der Waals surface area contributed by atoms with E-state index in [4.69, 9.17) is 5.11 Å². The van der Waals surface area contributed by atoms with Crippen molar-refractivity contribution in [2.75, 3.05) is 6.61 Å². The lowest BCUT2D eigenvalue weighted by molar-refractivity contribution is 0.0938. The van der Waals surface area contributed by atoms with Crippen LogP contribution in [-0.2, 0) is 0 Å². The molecule has 0 saturated heterocycles. The number of hydrogen-bond donors (Lipinski definition) is 2. The van der Waals surface area contributed by atoms with Crippen LogP contribution in [0, 0.1) is 0 Å². The molecule has 2 heterocycles. The molecule has 0 radical (unpaired) electrons. The van der Waals surface area contributed by atoms with Crippen molar-refractivity contribution in [1.82, 2.24) is 19.9 Å². The van der Waals surface area contributed by atoms with Gasteiger partial charge in [0, 0.05) is 24.4 Å². The van der Waals surface area contributed by atoms with Gasteiger partial charge in [0.1, 0.15) is 5.56 Å². The predicted octanol–water partition coefficient (Wildman–Crippen LogP) is 2.29. The molecule has 1 unspecified atom stereocenters. The van der Waals surface area contributed by atoms with E-state index in [9.17, 15) is 4.79 Å². The number of rotatable bonds is 6. The Morgan fingerprint density at radius 2 is 2.08 bits per heavy atom. The molecule has 1 atom stereocenters. The van der Waals surface area contributed by atoms with Gasteiger partial charge in [-0.15, -0.1) is 0 Å². The van der Waals surface area contributed by atoms with Crippen molar-refractivity contribution >= 4 is 11.6 Å². The molecule has 24 heavy (non-hydrogen) atoms. The van der Waals surface area contributed by atoms with Crippen molar-refractivity contribution in [3.05, 3.63) is 54.4 Å². The first-order valence-corrected chi connectivity index (χ1v) is 8.00. The van der Waals surface area contributed by atoms with Gasteiger partial charge in [-0.1, -0.05) is 30.3 Å². The average molecular weight is 324 g/mol. The van der Waals surface area contributed by atoms with Crippen molar-refractivity contribution in [1.29, 1.82) is 0 Å². The van der Waals surface area contributed by atoms with E-state index in [1.807, 2.05) is 43.3 Å². The van der Waals surface area contributed by atoms with Gasteiger partial charge in [0.05, 0.1) is 11.9 Å². The third-order valence-electron chi connectivity index (χ3n) is 3.89. The summed E-state index contributed by atoms with van der Waals surface area (Å²) in [7, 11) is 0. The Balaban J connectivity index is 1.90. The van der Waals surface area contributed by atoms with E-state index in [2.05, 4.69) is 15.4 Å². The number of benzene rings is 1. The molecule has 0 aliphatic carbocycles. The Morgan fingerprint density at radius 3 is 2.83 bits per heavy atom. The van der Waals surface area contributed by atoms with Crippen LogP contribution >= 0.6 is 0 Å². The number of aliphatic hydroxyl groups is 1. The fourth-order valence-corrected chi connectivity index (χ4v) is 2.65. The molecule has 6 heteroatoms. The van der Waals surface area contributed by atoms with Crippen LogP contribution in [0.2, 0.25) is 0 Å². The molecule has 0 fully saturated rings. The van der Waals surface area contributed by atoms with Crippen molar-refractivity contribution in [2.45, 2.75) is 25.8 Å². The predicted molar refractivity (Wildman–Crippen MR) is 91.7 cm³/mol. The van der Waals surface area contributed by atoms with Crippen molar-refractivity contribution in [2.24, 2.45) is 0 Å². The summed E-state index contributed by atoms with van der Waals surface area (Å²) in [4.78, 5) is 16.8. The molecular formula is C18H20N4O2. The van der Waals surface area contributed by atoms with Gasteiger partial charge in [0.15, 0.2) is 5.65 Å². The van der Waals surface area contributed by atoms with E-state index in [1.54, 1.807) is 16.9 Å². The standard InChI is InChI=1S/C18H20N4O2/c1-13(6-5-11-23)21-18(24)15-12-20-22-16(9-10-19-17(15)22)14-7-3-2-4-8-14/h2-4,7-10,12-13,23H,5-6,11H2,1H3,(H,21,24). The Hall–Kier alpha value is -2.73. The largest absolute Gasteiger partial charge is 0.396 e. The zero-order valence-electron chi connectivity index (χ0n) is 13.5. The van der Waals surface area contributed by atoms with Gasteiger partial charge < -0.3 is 10.4 Å². The lowest BCUT2D eigenvalue weighted by Crippen LogP contribution is -2.32. The second-order valence-corrected chi connectivity index (χ2v) is 5.73. The molecule has 2 aromatic heterocycles. The molecule has 2 N–H and O–H groups in total. The quantitative estimate of drug-likeness (QED) is 0.729. The minimum Gasteiger partial charge on any atom is -0.396 e. The van der Waals surface area contributed by atoms with E-state index >= 15 is 0 Å². The zero-order valence-corrected chi connectivity index (χ0v) is 13.5. The van der Waals surface area contributed by atoms with Crippen molar-refractivity contribution < 1.29 is 9.90 Å². The van der Waals surface area contributed by atoms with Gasteiger partial charge in [-0.3, -0.25) is 4.79 Å². The molecule has 0 aliphatic heterocycles. The second kappa shape index (κ2) is 7.23. The first-order valence-electron chi connectivity index (χ1n) is 8.00. The van der Waals surface area contributed by atoms with E-state index < -0.39 is 0 Å². The van der Waals surface area contributed by atoms with Crippen LogP contribution in [0.5, 0.6) is 0 Å². The number of carbonyl (C=O) groups is 1. The number of hydrogen-bond acceptors (Lipinski definition) is 4. The number of nitrogens with zero attached hydrogens (tertiary/aromatic N) is 3. The molecule has 0 aliphatic rings. The summed E-state index contributed by atoms with van der Waals surface area (Å²) >= 11 is 0. The Morgan fingerprint density at radius 1 is 1.29 bits per heavy atom. The minimum absolute atomic E-state index is 0.0168. The number of carbonyl (C=O) groups excluding carboxylic acids is 1. The lowest BCUT2D eigenvalue weighted by atomic mass is 10.1. The molecule has 1 amide bonds. The topological polar surface area (TPSA) is 79.5 Å². The summed E-state index contributed by atoms with van der Waals surface area (Å²) in [6.07, 6.45) is 4.62. The van der Waals surface area contributed by atoms with E-state index in [1.165, 1.54) is 0 Å². The number of aromatic nitrogens is 3. The minimum atomic E-state index is -0.201. The highest BCUT2D eigenvalue weighted by Gasteiger charge is 2.17. The molecule has 3 aromatic rings. The van der Waals surface area contributed by atoms with Gasteiger partial charge in [0.25, 0.3) is 5.91 Å². The van der Waals surface area contributed by atoms with E-state index in [-0.39, 0.29) is 18.6 Å². The molecule has 0 bridgehead atoms. The summed E-state index contributed by atoms with van der Waals surface area (Å²) in [5.74, 6) is -0.201. The van der Waals surface area contributed by atoms with Crippen LogP contribution in [0.25, 0.3) is 16.9 Å². The Kier molecular flexibility index (Phi) is 4.86. The number of fused-ring (bicyclic) bond motifs is 1. The molecular weight excluding hydrogens is 304 g/mol. The summed E-state index contributed by atoms with van der Waals surface area (Å²) in [6, 6.07) is 11.7. The molecule has 6 nitrogen and oxygen atoms in total. The van der Waals surface area contributed by atoms with Gasteiger partial charge in [-0.2, -0.15) is 5.10 Å². The summed E-state index contributed by atoms with van der Waals surface area (Å²) in [6.45, 7) is 2.04. The van der Waals surface area contributed by atoms with E-state index in [0.29, 0.717) is 17.6 Å². The first-order chi connectivity index (χ1) is 11.7. The SMILES string of the molecule is CC(CCCO)NC(=O)c1cnn2c(-c3ccccc3)ccnc12. The summed E-state index contributed by atoms with van der Waals surface area (Å²) in [5, 5.41) is 16.1. The van der Waals surface area contributed by atoms with Crippen LogP contribution in [0.4, 0.5) is 0 Å². The first kappa shape index (κ1) is 16.1. The zero-order chi connectivity index (χ0) is 16.9. The molecule has 3 rings (SSSR count). The average Bonchev–Trinajstić information content (AvgIpc) is 3.05. The van der Waals surface area contributed by atoms with Crippen molar-refractivity contribution in [3.63, 3.8) is 0 Å². The normalized spacial score (nSPS) is 12.2. The van der Waals surface area contributed by atoms with Crippen LogP contribution in [0.3, 0.4) is 0 Å². The highest BCUT2D eigenvalue weighted by Crippen LogP contribution is 2.20. The monoisotopic (exact) mass is 324 g/mol. The third kappa shape index (κ3) is 3.28. The second-order valence-electron chi connectivity index (χ2n) is 5.73. The van der Waals surface area contributed by atoms with Crippen molar-refractivity contribution in [3.8, 4) is 11.3 Å². The maximum absolute atomic E-state index is 12.5. The smallest absolute Gasteiger partial charge is 0.256 e. The summed E-state index contributed by atoms with van der Waals surface area (Å²) < 4.78 is 1.68. The number of nitrogens with one attached hydrogen (secondary N) is 1.